The van der Waals surface area contributed by atoms with Gasteiger partial charge >= 0.3 is 0 Å². The van der Waals surface area contributed by atoms with E-state index in [0.717, 1.165) is 21.7 Å². The van der Waals surface area contributed by atoms with Crippen LogP contribution in [-0.4, -0.2) is 10.2 Å². The van der Waals surface area contributed by atoms with Gasteiger partial charge in [0.25, 0.3) is 0 Å². The summed E-state index contributed by atoms with van der Waals surface area (Å²) in [7, 11) is 0. The second-order valence-electron chi connectivity index (χ2n) is 6.54. The molecule has 1 aliphatic rings. The van der Waals surface area contributed by atoms with Gasteiger partial charge in [-0.05, 0) is 28.5 Å². The van der Waals surface area contributed by atoms with Gasteiger partial charge in [0.2, 0.25) is 11.8 Å². The Bertz CT molecular complexity index is 1010. The summed E-state index contributed by atoms with van der Waals surface area (Å²) in [5.74, 6) is 0.687. The fourth-order valence-electron chi connectivity index (χ4n) is 3.26. The Hall–Kier alpha value is -3.04. The van der Waals surface area contributed by atoms with E-state index in [0.29, 0.717) is 17.4 Å². The zero-order chi connectivity index (χ0) is 18.3. The van der Waals surface area contributed by atoms with Crippen LogP contribution in [0.5, 0.6) is 5.88 Å². The molecule has 0 spiro atoms. The number of nitrogens with two attached hydrogens (primary N) is 1. The maximum absolute atomic E-state index is 9.72. The van der Waals surface area contributed by atoms with Crippen molar-refractivity contribution < 1.29 is 4.74 Å². The molecule has 0 saturated carbocycles. The first kappa shape index (κ1) is 16.4. The summed E-state index contributed by atoms with van der Waals surface area (Å²) in [4.78, 5) is 1.05. The van der Waals surface area contributed by atoms with E-state index in [1.807, 2.05) is 17.5 Å². The molecule has 26 heavy (non-hydrogen) atoms. The number of hydrogen-bond donors (Lipinski definition) is 2. The molecule has 0 aliphatic carbocycles. The monoisotopic (exact) mass is 362 g/mol. The van der Waals surface area contributed by atoms with Crippen LogP contribution in [-0.2, 0) is 0 Å². The average Bonchev–Trinajstić information content (AvgIpc) is 3.29. The Morgan fingerprint density at radius 1 is 1.27 bits per heavy atom. The summed E-state index contributed by atoms with van der Waals surface area (Å²) >= 11 is 1.61. The van der Waals surface area contributed by atoms with Crippen LogP contribution in [0.25, 0.3) is 10.6 Å². The van der Waals surface area contributed by atoms with E-state index in [1.165, 1.54) is 5.56 Å². The topological polar surface area (TPSA) is 87.7 Å². The molecule has 3 heterocycles. The minimum atomic E-state index is -0.305. The van der Waals surface area contributed by atoms with Crippen molar-refractivity contribution >= 4 is 11.3 Å². The normalized spacial score (nSPS) is 16.3. The first-order chi connectivity index (χ1) is 12.6. The van der Waals surface area contributed by atoms with E-state index in [4.69, 9.17) is 10.5 Å². The lowest BCUT2D eigenvalue weighted by molar-refractivity contribution is 0.379. The predicted octanol–water partition coefficient (Wildman–Crippen LogP) is 4.48. The van der Waals surface area contributed by atoms with Crippen LogP contribution in [0.1, 0.15) is 42.4 Å². The molecule has 0 radical (unpaired) electrons. The minimum Gasteiger partial charge on any atom is -0.420 e. The molecule has 1 aromatic carbocycles. The van der Waals surface area contributed by atoms with Gasteiger partial charge in [0.05, 0.1) is 22.1 Å². The third-order valence-electron chi connectivity index (χ3n) is 4.64. The van der Waals surface area contributed by atoms with Crippen LogP contribution in [0.4, 0.5) is 0 Å². The molecule has 1 aliphatic heterocycles. The van der Waals surface area contributed by atoms with Crippen molar-refractivity contribution in [2.75, 3.05) is 0 Å². The zero-order valence-corrected chi connectivity index (χ0v) is 15.3. The molecule has 130 valence electrons. The second-order valence-corrected chi connectivity index (χ2v) is 7.49. The van der Waals surface area contributed by atoms with Crippen LogP contribution in [0.3, 0.4) is 0 Å². The Kier molecular flexibility index (Phi) is 4.02. The second kappa shape index (κ2) is 6.36. The van der Waals surface area contributed by atoms with Crippen molar-refractivity contribution in [3.8, 4) is 22.5 Å². The molecule has 4 rings (SSSR count). The minimum absolute atomic E-state index is 0.113. The van der Waals surface area contributed by atoms with Crippen molar-refractivity contribution in [1.82, 2.24) is 10.2 Å². The number of allylic oxidation sites excluding steroid dienone is 1. The smallest absolute Gasteiger partial charge is 0.244 e. The van der Waals surface area contributed by atoms with E-state index in [2.05, 4.69) is 54.4 Å². The first-order valence-corrected chi connectivity index (χ1v) is 9.27. The predicted molar refractivity (Wildman–Crippen MR) is 102 cm³/mol. The summed E-state index contributed by atoms with van der Waals surface area (Å²) in [6.45, 7) is 4.32. The van der Waals surface area contributed by atoms with Crippen LogP contribution in [0, 0.1) is 11.3 Å². The highest BCUT2D eigenvalue weighted by molar-refractivity contribution is 7.13. The number of aromatic amines is 1. The number of thiophene rings is 1. The Morgan fingerprint density at radius 2 is 2.04 bits per heavy atom. The van der Waals surface area contributed by atoms with Crippen molar-refractivity contribution in [3.63, 3.8) is 0 Å². The Morgan fingerprint density at radius 3 is 2.65 bits per heavy atom. The van der Waals surface area contributed by atoms with Gasteiger partial charge in [-0.3, -0.25) is 5.10 Å². The molecular weight excluding hydrogens is 344 g/mol. The van der Waals surface area contributed by atoms with Crippen LogP contribution in [0.15, 0.2) is 53.2 Å². The maximum Gasteiger partial charge on any atom is 0.244 e. The van der Waals surface area contributed by atoms with E-state index >= 15 is 0 Å². The fraction of sp³-hybridized carbons (Fsp3) is 0.200. The molecule has 0 fully saturated rings. The highest BCUT2D eigenvalue weighted by Gasteiger charge is 2.35. The molecule has 3 N–H and O–H groups in total. The summed E-state index contributed by atoms with van der Waals surface area (Å²) < 4.78 is 5.62. The number of nitrogens with one attached hydrogen (secondary N) is 1. The molecule has 6 heteroatoms. The van der Waals surface area contributed by atoms with E-state index in [1.54, 1.807) is 11.3 Å². The molecule has 0 saturated heterocycles. The first-order valence-electron chi connectivity index (χ1n) is 8.39. The number of ether oxygens (including phenoxy) is 1. The molecule has 5 nitrogen and oxygen atoms in total. The molecule has 0 amide bonds. The SMILES string of the molecule is CC(C)c1ccc(C2C(C#N)=C(N)Oc3n[nH]c(-c4cccs4)c32)cc1. The lowest BCUT2D eigenvalue weighted by Crippen LogP contribution is -2.20. The standard InChI is InChI=1S/C20H18N4OS/c1-11(2)12-5-7-13(8-6-12)16-14(10-21)19(22)25-20-17(16)18(23-24-20)15-4-3-9-26-15/h3-9,11,16H,22H2,1-2H3,(H,23,24). The average molecular weight is 362 g/mol. The molecule has 2 aromatic heterocycles. The molecular formula is C20H18N4OS. The van der Waals surface area contributed by atoms with Gasteiger partial charge in [-0.15, -0.1) is 16.4 Å². The largest absolute Gasteiger partial charge is 0.420 e. The van der Waals surface area contributed by atoms with E-state index < -0.39 is 0 Å². The molecule has 3 aromatic rings. The van der Waals surface area contributed by atoms with Crippen LogP contribution < -0.4 is 10.5 Å². The van der Waals surface area contributed by atoms with Gasteiger partial charge in [0.1, 0.15) is 11.6 Å². The van der Waals surface area contributed by atoms with Crippen molar-refractivity contribution in [3.05, 3.63) is 69.9 Å². The summed E-state index contributed by atoms with van der Waals surface area (Å²) in [5.41, 5.74) is 10.4. The third-order valence-corrected chi connectivity index (χ3v) is 5.53. The van der Waals surface area contributed by atoms with Crippen molar-refractivity contribution in [1.29, 1.82) is 5.26 Å². The number of H-pyrrole nitrogens is 1. The number of nitriles is 1. The molecule has 0 bridgehead atoms. The van der Waals surface area contributed by atoms with Crippen LogP contribution >= 0.6 is 11.3 Å². The van der Waals surface area contributed by atoms with Gasteiger partial charge in [-0.2, -0.15) is 5.26 Å². The van der Waals surface area contributed by atoms with E-state index in [9.17, 15) is 5.26 Å². The quantitative estimate of drug-likeness (QED) is 0.719. The third kappa shape index (κ3) is 2.57. The Labute approximate surface area is 155 Å². The van der Waals surface area contributed by atoms with Crippen molar-refractivity contribution in [2.45, 2.75) is 25.7 Å². The molecule has 1 unspecified atom stereocenters. The summed E-state index contributed by atoms with van der Waals surface area (Å²) in [6.07, 6.45) is 0. The number of hydrogen-bond acceptors (Lipinski definition) is 5. The van der Waals surface area contributed by atoms with Crippen LogP contribution in [0.2, 0.25) is 0 Å². The fourth-order valence-corrected chi connectivity index (χ4v) is 3.99. The van der Waals surface area contributed by atoms with Gasteiger partial charge in [0.15, 0.2) is 0 Å². The number of aromatic nitrogens is 2. The molecule has 1 atom stereocenters. The highest BCUT2D eigenvalue weighted by Crippen LogP contribution is 2.46. The summed E-state index contributed by atoms with van der Waals surface area (Å²) in [6, 6.07) is 14.6. The number of nitrogens with zero attached hydrogens (tertiary/aromatic N) is 2. The lowest BCUT2D eigenvalue weighted by atomic mass is 9.83. The summed E-state index contributed by atoms with van der Waals surface area (Å²) in [5, 5.41) is 19.1. The van der Waals surface area contributed by atoms with Gasteiger partial charge < -0.3 is 10.5 Å². The zero-order valence-electron chi connectivity index (χ0n) is 14.5. The lowest BCUT2D eigenvalue weighted by Gasteiger charge is -2.24. The van der Waals surface area contributed by atoms with Gasteiger partial charge in [0, 0.05) is 0 Å². The Balaban J connectivity index is 1.90. The van der Waals surface area contributed by atoms with E-state index in [-0.39, 0.29) is 11.8 Å². The number of rotatable bonds is 3. The van der Waals surface area contributed by atoms with Crippen molar-refractivity contribution in [2.24, 2.45) is 5.73 Å². The number of fused-ring (bicyclic) bond motifs is 1. The maximum atomic E-state index is 9.72. The van der Waals surface area contributed by atoms with Gasteiger partial charge in [-0.1, -0.05) is 44.2 Å². The highest BCUT2D eigenvalue weighted by atomic mass is 32.1. The number of benzene rings is 1. The van der Waals surface area contributed by atoms with Gasteiger partial charge in [-0.25, -0.2) is 0 Å².